The molecule has 1 unspecified atom stereocenters. The lowest BCUT2D eigenvalue weighted by atomic mass is 10.0. The minimum Gasteiger partial charge on any atom is -0.469 e. The highest BCUT2D eigenvalue weighted by atomic mass is 16.3. The quantitative estimate of drug-likeness (QED) is 0.799. The molecule has 16 heavy (non-hydrogen) atoms. The van der Waals surface area contributed by atoms with Crippen molar-refractivity contribution in [3.63, 3.8) is 0 Å². The average molecular weight is 224 g/mol. The SMILES string of the molecule is Cc1occc1C(=O)NCC(N)CC(C)C. The van der Waals surface area contributed by atoms with E-state index in [0.29, 0.717) is 23.8 Å². The van der Waals surface area contributed by atoms with Gasteiger partial charge in [0.2, 0.25) is 0 Å². The summed E-state index contributed by atoms with van der Waals surface area (Å²) in [6.07, 6.45) is 2.42. The summed E-state index contributed by atoms with van der Waals surface area (Å²) in [6, 6.07) is 1.68. The average Bonchev–Trinajstić information content (AvgIpc) is 2.60. The molecule has 0 saturated heterocycles. The smallest absolute Gasteiger partial charge is 0.254 e. The number of amides is 1. The molecular formula is C12H20N2O2. The highest BCUT2D eigenvalue weighted by molar-refractivity contribution is 5.95. The number of hydrogen-bond donors (Lipinski definition) is 2. The van der Waals surface area contributed by atoms with Crippen LogP contribution in [0, 0.1) is 12.8 Å². The molecule has 0 spiro atoms. The number of carbonyl (C=O) groups excluding carboxylic acids is 1. The maximum absolute atomic E-state index is 11.7. The second-order valence-electron chi connectivity index (χ2n) is 4.49. The molecule has 0 radical (unpaired) electrons. The first-order valence-corrected chi connectivity index (χ1v) is 5.58. The van der Waals surface area contributed by atoms with Gasteiger partial charge in [0.05, 0.1) is 11.8 Å². The summed E-state index contributed by atoms with van der Waals surface area (Å²) >= 11 is 0. The number of carbonyl (C=O) groups is 1. The Morgan fingerprint density at radius 3 is 2.75 bits per heavy atom. The van der Waals surface area contributed by atoms with E-state index in [1.165, 1.54) is 6.26 Å². The van der Waals surface area contributed by atoms with E-state index in [1.54, 1.807) is 13.0 Å². The van der Waals surface area contributed by atoms with Crippen molar-refractivity contribution in [2.75, 3.05) is 6.54 Å². The zero-order chi connectivity index (χ0) is 12.1. The molecule has 90 valence electrons. The van der Waals surface area contributed by atoms with Crippen LogP contribution in [0.25, 0.3) is 0 Å². The number of hydrogen-bond acceptors (Lipinski definition) is 3. The molecule has 0 aliphatic rings. The predicted molar refractivity (Wildman–Crippen MR) is 63.2 cm³/mol. The van der Waals surface area contributed by atoms with Gasteiger partial charge in [0, 0.05) is 12.6 Å². The van der Waals surface area contributed by atoms with Crippen molar-refractivity contribution in [1.82, 2.24) is 5.32 Å². The first-order valence-electron chi connectivity index (χ1n) is 5.58. The van der Waals surface area contributed by atoms with Crippen LogP contribution in [0.5, 0.6) is 0 Å². The van der Waals surface area contributed by atoms with Gasteiger partial charge in [-0.1, -0.05) is 13.8 Å². The van der Waals surface area contributed by atoms with Gasteiger partial charge in [-0.15, -0.1) is 0 Å². The molecule has 3 N–H and O–H groups in total. The molecule has 4 nitrogen and oxygen atoms in total. The summed E-state index contributed by atoms with van der Waals surface area (Å²) in [5.41, 5.74) is 6.46. The maximum Gasteiger partial charge on any atom is 0.254 e. The van der Waals surface area contributed by atoms with E-state index in [1.807, 2.05) is 0 Å². The zero-order valence-electron chi connectivity index (χ0n) is 10.1. The van der Waals surface area contributed by atoms with Gasteiger partial charge in [-0.25, -0.2) is 0 Å². The summed E-state index contributed by atoms with van der Waals surface area (Å²) in [5, 5.41) is 2.81. The van der Waals surface area contributed by atoms with Crippen LogP contribution in [0.4, 0.5) is 0 Å². The number of nitrogens with two attached hydrogens (primary N) is 1. The maximum atomic E-state index is 11.7. The third-order valence-corrected chi connectivity index (χ3v) is 2.40. The van der Waals surface area contributed by atoms with E-state index in [4.69, 9.17) is 10.2 Å². The first-order chi connectivity index (χ1) is 7.50. The topological polar surface area (TPSA) is 68.3 Å². The zero-order valence-corrected chi connectivity index (χ0v) is 10.1. The van der Waals surface area contributed by atoms with Gasteiger partial charge in [-0.2, -0.15) is 0 Å². The molecule has 4 heteroatoms. The first kappa shape index (κ1) is 12.8. The van der Waals surface area contributed by atoms with Gasteiger partial charge in [0.15, 0.2) is 0 Å². The van der Waals surface area contributed by atoms with Gasteiger partial charge >= 0.3 is 0 Å². The van der Waals surface area contributed by atoms with Crippen LogP contribution in [0.3, 0.4) is 0 Å². The lowest BCUT2D eigenvalue weighted by Gasteiger charge is -2.14. The van der Waals surface area contributed by atoms with Crippen LogP contribution in [0.1, 0.15) is 36.4 Å². The van der Waals surface area contributed by atoms with Crippen molar-refractivity contribution in [2.45, 2.75) is 33.2 Å². The third kappa shape index (κ3) is 3.70. The normalized spacial score (nSPS) is 12.8. The molecule has 0 fully saturated rings. The van der Waals surface area contributed by atoms with Crippen LogP contribution < -0.4 is 11.1 Å². The van der Waals surface area contributed by atoms with Crippen molar-refractivity contribution in [3.8, 4) is 0 Å². The Kier molecular flexibility index (Phi) is 4.55. The second-order valence-corrected chi connectivity index (χ2v) is 4.49. The summed E-state index contributed by atoms with van der Waals surface area (Å²) < 4.78 is 5.06. The van der Waals surface area contributed by atoms with Crippen LogP contribution in [0.2, 0.25) is 0 Å². The highest BCUT2D eigenvalue weighted by Crippen LogP contribution is 2.08. The van der Waals surface area contributed by atoms with E-state index in [2.05, 4.69) is 19.2 Å². The summed E-state index contributed by atoms with van der Waals surface area (Å²) in [5.74, 6) is 1.06. The van der Waals surface area contributed by atoms with Gasteiger partial charge < -0.3 is 15.5 Å². The van der Waals surface area contributed by atoms with E-state index in [-0.39, 0.29) is 11.9 Å². The molecule has 0 bridgehead atoms. The highest BCUT2D eigenvalue weighted by Gasteiger charge is 2.12. The molecule has 1 heterocycles. The van der Waals surface area contributed by atoms with Gasteiger partial charge in [-0.3, -0.25) is 4.79 Å². The van der Waals surface area contributed by atoms with E-state index in [9.17, 15) is 4.79 Å². The summed E-state index contributed by atoms with van der Waals surface area (Å²) in [4.78, 5) is 11.7. The molecule has 1 atom stereocenters. The third-order valence-electron chi connectivity index (χ3n) is 2.40. The molecule has 0 aromatic carbocycles. The fourth-order valence-corrected chi connectivity index (χ4v) is 1.63. The molecule has 1 aromatic rings. The van der Waals surface area contributed by atoms with Crippen LogP contribution >= 0.6 is 0 Å². The number of aryl methyl sites for hydroxylation is 1. The Morgan fingerprint density at radius 1 is 1.56 bits per heavy atom. The van der Waals surface area contributed by atoms with Crippen LogP contribution in [0.15, 0.2) is 16.7 Å². The molecule has 0 aliphatic carbocycles. The van der Waals surface area contributed by atoms with Crippen molar-refractivity contribution in [1.29, 1.82) is 0 Å². The standard InChI is InChI=1S/C12H20N2O2/c1-8(2)6-10(13)7-14-12(15)11-4-5-16-9(11)3/h4-5,8,10H,6-7,13H2,1-3H3,(H,14,15). The lowest BCUT2D eigenvalue weighted by molar-refractivity contribution is 0.0948. The fourth-order valence-electron chi connectivity index (χ4n) is 1.63. The Hall–Kier alpha value is -1.29. The van der Waals surface area contributed by atoms with E-state index in [0.717, 1.165) is 6.42 Å². The fraction of sp³-hybridized carbons (Fsp3) is 0.583. The van der Waals surface area contributed by atoms with Gasteiger partial charge in [-0.05, 0) is 25.3 Å². The molecular weight excluding hydrogens is 204 g/mol. The summed E-state index contributed by atoms with van der Waals surface area (Å²) in [7, 11) is 0. The minimum absolute atomic E-state index is 0.0103. The summed E-state index contributed by atoms with van der Waals surface area (Å²) in [6.45, 7) is 6.49. The minimum atomic E-state index is -0.120. The van der Waals surface area contributed by atoms with Gasteiger partial charge in [0.25, 0.3) is 5.91 Å². The van der Waals surface area contributed by atoms with Crippen LogP contribution in [-0.4, -0.2) is 18.5 Å². The second kappa shape index (κ2) is 5.70. The Balaban J connectivity index is 2.39. The Morgan fingerprint density at radius 2 is 2.25 bits per heavy atom. The van der Waals surface area contributed by atoms with Crippen molar-refractivity contribution in [3.05, 3.63) is 23.7 Å². The van der Waals surface area contributed by atoms with Gasteiger partial charge in [0.1, 0.15) is 5.76 Å². The molecule has 1 amide bonds. The van der Waals surface area contributed by atoms with E-state index < -0.39 is 0 Å². The number of rotatable bonds is 5. The van der Waals surface area contributed by atoms with E-state index >= 15 is 0 Å². The van der Waals surface area contributed by atoms with Crippen molar-refractivity contribution < 1.29 is 9.21 Å². The molecule has 0 saturated carbocycles. The number of nitrogens with one attached hydrogen (secondary N) is 1. The van der Waals surface area contributed by atoms with Crippen molar-refractivity contribution >= 4 is 5.91 Å². The molecule has 1 rings (SSSR count). The number of furan rings is 1. The van der Waals surface area contributed by atoms with Crippen molar-refractivity contribution in [2.24, 2.45) is 11.7 Å². The monoisotopic (exact) mass is 224 g/mol. The predicted octanol–water partition coefficient (Wildman–Crippen LogP) is 1.69. The largest absolute Gasteiger partial charge is 0.469 e. The molecule has 0 aliphatic heterocycles. The molecule has 1 aromatic heterocycles. The van der Waals surface area contributed by atoms with Crippen LogP contribution in [-0.2, 0) is 0 Å². The lowest BCUT2D eigenvalue weighted by Crippen LogP contribution is -2.38. The Labute approximate surface area is 96.2 Å². The Bertz CT molecular complexity index is 345.